The minimum Gasteiger partial charge on any atom is -0.359 e. The quantitative estimate of drug-likeness (QED) is 0.722. The number of likely N-dealkylation sites (tertiary alicyclic amines) is 1. The van der Waals surface area contributed by atoms with Crippen molar-refractivity contribution in [1.82, 2.24) is 10.2 Å². The smallest absolute Gasteiger partial charge is 0.221 e. The van der Waals surface area contributed by atoms with Crippen LogP contribution in [0.3, 0.4) is 0 Å². The molecule has 0 spiro atoms. The number of nitrogens with zero attached hydrogens (tertiary/aromatic N) is 1. The molecule has 1 heterocycles. The van der Waals surface area contributed by atoms with E-state index in [-0.39, 0.29) is 11.9 Å². The summed E-state index contributed by atoms with van der Waals surface area (Å²) in [6, 6.07) is 0.217. The summed E-state index contributed by atoms with van der Waals surface area (Å²) in [7, 11) is 1.68. The molecule has 16 heavy (non-hydrogen) atoms. The van der Waals surface area contributed by atoms with E-state index in [2.05, 4.69) is 17.1 Å². The van der Waals surface area contributed by atoms with Gasteiger partial charge in [0.05, 0.1) is 0 Å². The first-order valence-corrected chi connectivity index (χ1v) is 6.35. The zero-order chi connectivity index (χ0) is 12.0. The Labute approximate surface area is 98.6 Å². The van der Waals surface area contributed by atoms with Crippen LogP contribution in [0.25, 0.3) is 0 Å². The van der Waals surface area contributed by atoms with Crippen LogP contribution in [-0.2, 0) is 4.79 Å². The molecule has 0 aromatic rings. The fourth-order valence-electron chi connectivity index (χ4n) is 2.44. The van der Waals surface area contributed by atoms with Crippen LogP contribution in [0.15, 0.2) is 0 Å². The molecule has 1 amide bonds. The highest BCUT2D eigenvalue weighted by Gasteiger charge is 2.25. The van der Waals surface area contributed by atoms with Gasteiger partial charge in [0, 0.05) is 32.6 Å². The van der Waals surface area contributed by atoms with Gasteiger partial charge in [0.1, 0.15) is 0 Å². The van der Waals surface area contributed by atoms with Crippen LogP contribution in [0.4, 0.5) is 0 Å². The van der Waals surface area contributed by atoms with Gasteiger partial charge in [-0.15, -0.1) is 0 Å². The third-order valence-corrected chi connectivity index (χ3v) is 3.62. The fraction of sp³-hybridized carbons (Fsp3) is 0.917. The molecule has 1 saturated heterocycles. The van der Waals surface area contributed by atoms with E-state index in [1.165, 1.54) is 19.3 Å². The zero-order valence-corrected chi connectivity index (χ0v) is 10.5. The van der Waals surface area contributed by atoms with Crippen LogP contribution >= 0.6 is 0 Å². The Morgan fingerprint density at radius 3 is 2.94 bits per heavy atom. The third kappa shape index (κ3) is 3.76. The van der Waals surface area contributed by atoms with Gasteiger partial charge in [0.15, 0.2) is 0 Å². The van der Waals surface area contributed by atoms with E-state index in [1.54, 1.807) is 7.05 Å². The molecular weight excluding hydrogens is 202 g/mol. The number of hydrogen-bond donors (Lipinski definition) is 2. The van der Waals surface area contributed by atoms with Gasteiger partial charge in [0.25, 0.3) is 0 Å². The van der Waals surface area contributed by atoms with E-state index >= 15 is 0 Å². The van der Waals surface area contributed by atoms with Crippen molar-refractivity contribution in [2.75, 3.05) is 26.7 Å². The van der Waals surface area contributed by atoms with Crippen molar-refractivity contribution in [3.8, 4) is 0 Å². The lowest BCUT2D eigenvalue weighted by molar-refractivity contribution is -0.122. The molecule has 0 aromatic heterocycles. The number of amides is 1. The maximum absolute atomic E-state index is 11.4. The van der Waals surface area contributed by atoms with E-state index in [9.17, 15) is 4.79 Å². The summed E-state index contributed by atoms with van der Waals surface area (Å²) < 4.78 is 0. The Morgan fingerprint density at radius 1 is 1.62 bits per heavy atom. The first kappa shape index (κ1) is 13.5. The summed E-state index contributed by atoms with van der Waals surface area (Å²) in [6.07, 6.45) is 4.32. The van der Waals surface area contributed by atoms with Crippen LogP contribution < -0.4 is 11.1 Å². The summed E-state index contributed by atoms with van der Waals surface area (Å²) in [5.41, 5.74) is 5.77. The lowest BCUT2D eigenvalue weighted by Gasteiger charge is -2.37. The second-order valence-electron chi connectivity index (χ2n) is 4.68. The molecule has 0 aromatic carbocycles. The molecule has 4 heteroatoms. The second-order valence-corrected chi connectivity index (χ2v) is 4.68. The van der Waals surface area contributed by atoms with Crippen LogP contribution in [0, 0.1) is 5.92 Å². The van der Waals surface area contributed by atoms with Crippen molar-refractivity contribution >= 4 is 5.91 Å². The number of nitrogens with two attached hydrogens (primary N) is 1. The van der Waals surface area contributed by atoms with Gasteiger partial charge in [-0.1, -0.05) is 13.3 Å². The van der Waals surface area contributed by atoms with Crippen LogP contribution in [0.2, 0.25) is 0 Å². The van der Waals surface area contributed by atoms with Gasteiger partial charge in [-0.05, 0) is 25.3 Å². The topological polar surface area (TPSA) is 58.4 Å². The number of carbonyl (C=O) groups is 1. The first-order valence-electron chi connectivity index (χ1n) is 6.35. The molecule has 1 rings (SSSR count). The van der Waals surface area contributed by atoms with Gasteiger partial charge in [0.2, 0.25) is 5.91 Å². The average molecular weight is 227 g/mol. The van der Waals surface area contributed by atoms with Gasteiger partial charge < -0.3 is 11.1 Å². The Balaban J connectivity index is 2.48. The Kier molecular flexibility index (Phi) is 5.77. The lowest BCUT2D eigenvalue weighted by atomic mass is 9.94. The van der Waals surface area contributed by atoms with Gasteiger partial charge in [-0.3, -0.25) is 9.69 Å². The summed E-state index contributed by atoms with van der Waals surface area (Å²) in [5, 5.41) is 2.67. The normalized spacial score (nSPS) is 24.1. The van der Waals surface area contributed by atoms with E-state index in [4.69, 9.17) is 5.73 Å². The van der Waals surface area contributed by atoms with E-state index in [0.717, 1.165) is 19.0 Å². The summed E-state index contributed by atoms with van der Waals surface area (Å²) >= 11 is 0. The summed E-state index contributed by atoms with van der Waals surface area (Å²) in [5.74, 6) is 0.876. The highest BCUT2D eigenvalue weighted by molar-refractivity contribution is 5.76. The monoisotopic (exact) mass is 227 g/mol. The molecule has 0 radical (unpaired) electrons. The van der Waals surface area contributed by atoms with Crippen LogP contribution in [0.5, 0.6) is 0 Å². The molecule has 0 bridgehead atoms. The summed E-state index contributed by atoms with van der Waals surface area (Å²) in [6.45, 7) is 5.01. The van der Waals surface area contributed by atoms with Crippen LogP contribution in [0.1, 0.15) is 32.6 Å². The molecule has 2 atom stereocenters. The molecule has 2 unspecified atom stereocenters. The number of piperidine rings is 1. The Hall–Kier alpha value is -0.610. The van der Waals surface area contributed by atoms with Crippen molar-refractivity contribution in [1.29, 1.82) is 0 Å². The molecular formula is C12H25N3O. The zero-order valence-electron chi connectivity index (χ0n) is 10.5. The Bertz CT molecular complexity index is 220. The van der Waals surface area contributed by atoms with Crippen molar-refractivity contribution in [2.45, 2.75) is 38.6 Å². The summed E-state index contributed by atoms with van der Waals surface area (Å²) in [4.78, 5) is 13.8. The van der Waals surface area contributed by atoms with Crippen LogP contribution in [-0.4, -0.2) is 43.5 Å². The van der Waals surface area contributed by atoms with Crippen molar-refractivity contribution < 1.29 is 4.79 Å². The first-order chi connectivity index (χ1) is 7.71. The number of carbonyl (C=O) groups excluding carboxylic acids is 1. The number of hydrogen-bond acceptors (Lipinski definition) is 3. The predicted octanol–water partition coefficient (Wildman–Crippen LogP) is 0.572. The molecule has 0 saturated carbocycles. The molecule has 1 fully saturated rings. The second kappa shape index (κ2) is 6.86. The molecule has 0 aliphatic carbocycles. The molecule has 4 nitrogen and oxygen atoms in total. The molecule has 1 aliphatic rings. The molecule has 1 aliphatic heterocycles. The SMILES string of the molecule is CCC1CCCN(C(CN)CC(=O)NC)C1. The molecule has 3 N–H and O–H groups in total. The predicted molar refractivity (Wildman–Crippen MR) is 66.1 cm³/mol. The van der Waals surface area contributed by atoms with Crippen molar-refractivity contribution in [2.24, 2.45) is 11.7 Å². The van der Waals surface area contributed by atoms with E-state index < -0.39 is 0 Å². The maximum Gasteiger partial charge on any atom is 0.221 e. The third-order valence-electron chi connectivity index (χ3n) is 3.62. The standard InChI is InChI=1S/C12H25N3O/c1-3-10-5-4-6-15(9-10)11(8-13)7-12(16)14-2/h10-11H,3-9,13H2,1-2H3,(H,14,16). The van der Waals surface area contributed by atoms with Crippen molar-refractivity contribution in [3.05, 3.63) is 0 Å². The highest BCUT2D eigenvalue weighted by atomic mass is 16.1. The molecule has 94 valence electrons. The largest absolute Gasteiger partial charge is 0.359 e. The van der Waals surface area contributed by atoms with Gasteiger partial charge in [-0.25, -0.2) is 0 Å². The number of nitrogens with one attached hydrogen (secondary N) is 1. The minimum absolute atomic E-state index is 0.0917. The van der Waals surface area contributed by atoms with E-state index in [0.29, 0.717) is 13.0 Å². The Morgan fingerprint density at radius 2 is 2.38 bits per heavy atom. The van der Waals surface area contributed by atoms with Crippen molar-refractivity contribution in [3.63, 3.8) is 0 Å². The number of rotatable bonds is 5. The maximum atomic E-state index is 11.4. The van der Waals surface area contributed by atoms with Gasteiger partial charge >= 0.3 is 0 Å². The lowest BCUT2D eigenvalue weighted by Crippen LogP contribution is -2.48. The minimum atomic E-state index is 0.0917. The van der Waals surface area contributed by atoms with E-state index in [1.807, 2.05) is 0 Å². The highest BCUT2D eigenvalue weighted by Crippen LogP contribution is 2.21. The fourth-order valence-corrected chi connectivity index (χ4v) is 2.44. The van der Waals surface area contributed by atoms with Gasteiger partial charge in [-0.2, -0.15) is 0 Å². The average Bonchev–Trinajstić information content (AvgIpc) is 2.35.